The Morgan fingerprint density at radius 2 is 1.75 bits per heavy atom. The molecule has 0 N–H and O–H groups in total. The number of fused-ring (bicyclic) bond motifs is 2. The van der Waals surface area contributed by atoms with Crippen molar-refractivity contribution in [3.63, 3.8) is 0 Å². The Morgan fingerprint density at radius 3 is 2.65 bits per heavy atom. The summed E-state index contributed by atoms with van der Waals surface area (Å²) < 4.78 is 5.85. The lowest BCUT2D eigenvalue weighted by atomic mass is 10.1. The summed E-state index contributed by atoms with van der Waals surface area (Å²) in [5.74, 6) is 0.620. The predicted molar refractivity (Wildman–Crippen MR) is 79.5 cm³/mol. The Kier molecular flexibility index (Phi) is 2.33. The number of benzene rings is 2. The van der Waals surface area contributed by atoms with Crippen LogP contribution in [-0.4, -0.2) is 9.97 Å². The van der Waals surface area contributed by atoms with Crippen molar-refractivity contribution in [1.82, 2.24) is 9.97 Å². The molecule has 3 heteroatoms. The minimum absolute atomic E-state index is 0.620. The van der Waals surface area contributed by atoms with E-state index in [2.05, 4.69) is 16.0 Å². The van der Waals surface area contributed by atoms with Gasteiger partial charge in [-0.25, -0.2) is 4.98 Å². The number of aryl methyl sites for hydroxylation is 1. The van der Waals surface area contributed by atoms with Crippen molar-refractivity contribution in [2.24, 2.45) is 0 Å². The average molecular weight is 260 g/mol. The van der Waals surface area contributed by atoms with Crippen LogP contribution in [0.1, 0.15) is 5.69 Å². The zero-order valence-electron chi connectivity index (χ0n) is 11.0. The van der Waals surface area contributed by atoms with E-state index in [1.165, 1.54) is 0 Å². The van der Waals surface area contributed by atoms with Crippen molar-refractivity contribution < 1.29 is 4.42 Å². The van der Waals surface area contributed by atoms with Crippen LogP contribution in [0.2, 0.25) is 0 Å². The third-order valence-corrected chi connectivity index (χ3v) is 3.38. The van der Waals surface area contributed by atoms with Gasteiger partial charge in [0.15, 0.2) is 5.58 Å². The summed E-state index contributed by atoms with van der Waals surface area (Å²) in [5, 5.41) is 1.09. The number of hydrogen-bond donors (Lipinski definition) is 0. The highest BCUT2D eigenvalue weighted by Gasteiger charge is 2.11. The third-order valence-electron chi connectivity index (χ3n) is 3.38. The SMILES string of the molecule is Cc1ccc2cccc(-c3nc4ccccc4o3)c2n1. The highest BCUT2D eigenvalue weighted by molar-refractivity contribution is 5.92. The molecule has 0 amide bonds. The number of aromatic nitrogens is 2. The summed E-state index contributed by atoms with van der Waals surface area (Å²) in [6.07, 6.45) is 0. The van der Waals surface area contributed by atoms with Gasteiger partial charge in [-0.15, -0.1) is 0 Å². The van der Waals surface area contributed by atoms with Gasteiger partial charge in [0.05, 0.1) is 11.1 Å². The summed E-state index contributed by atoms with van der Waals surface area (Å²) in [6, 6.07) is 17.9. The van der Waals surface area contributed by atoms with Crippen molar-refractivity contribution >= 4 is 22.0 Å². The second kappa shape index (κ2) is 4.17. The molecule has 0 bridgehead atoms. The standard InChI is InChI=1S/C17H12N2O/c1-11-9-10-12-5-4-6-13(16(12)18-11)17-19-14-7-2-3-8-15(14)20-17/h2-10H,1H3. The van der Waals surface area contributed by atoms with Gasteiger partial charge in [0, 0.05) is 11.1 Å². The number of oxazole rings is 1. The van der Waals surface area contributed by atoms with Gasteiger partial charge in [-0.3, -0.25) is 4.98 Å². The molecule has 0 aliphatic rings. The Bertz CT molecular complexity index is 891. The van der Waals surface area contributed by atoms with E-state index in [0.29, 0.717) is 5.89 Å². The molecule has 2 aromatic heterocycles. The maximum Gasteiger partial charge on any atom is 0.229 e. The van der Waals surface area contributed by atoms with Crippen LogP contribution in [0.3, 0.4) is 0 Å². The molecule has 0 fully saturated rings. The zero-order valence-corrected chi connectivity index (χ0v) is 11.0. The first-order chi connectivity index (χ1) is 9.81. The van der Waals surface area contributed by atoms with Crippen LogP contribution in [0.25, 0.3) is 33.5 Å². The molecule has 4 rings (SSSR count). The van der Waals surface area contributed by atoms with Crippen LogP contribution < -0.4 is 0 Å². The van der Waals surface area contributed by atoms with Crippen LogP contribution in [-0.2, 0) is 0 Å². The molecule has 96 valence electrons. The first-order valence-corrected chi connectivity index (χ1v) is 6.53. The monoisotopic (exact) mass is 260 g/mol. The van der Waals surface area contributed by atoms with Gasteiger partial charge in [-0.1, -0.05) is 30.3 Å². The van der Waals surface area contributed by atoms with Gasteiger partial charge in [-0.2, -0.15) is 0 Å². The molecule has 4 aromatic rings. The molecular weight excluding hydrogens is 248 g/mol. The third kappa shape index (κ3) is 1.67. The number of nitrogens with zero attached hydrogens (tertiary/aromatic N) is 2. The molecule has 0 atom stereocenters. The largest absolute Gasteiger partial charge is 0.436 e. The van der Waals surface area contributed by atoms with E-state index >= 15 is 0 Å². The van der Waals surface area contributed by atoms with Crippen molar-refractivity contribution in [3.05, 3.63) is 60.3 Å². The zero-order chi connectivity index (χ0) is 13.5. The highest BCUT2D eigenvalue weighted by Crippen LogP contribution is 2.29. The molecule has 2 heterocycles. The van der Waals surface area contributed by atoms with E-state index in [-0.39, 0.29) is 0 Å². The van der Waals surface area contributed by atoms with Crippen molar-refractivity contribution in [2.75, 3.05) is 0 Å². The fourth-order valence-corrected chi connectivity index (χ4v) is 2.40. The Balaban J connectivity index is 2.03. The van der Waals surface area contributed by atoms with E-state index in [4.69, 9.17) is 4.42 Å². The Hall–Kier alpha value is -2.68. The Labute approximate surface area is 115 Å². The molecule has 20 heavy (non-hydrogen) atoms. The van der Waals surface area contributed by atoms with Crippen molar-refractivity contribution in [2.45, 2.75) is 6.92 Å². The topological polar surface area (TPSA) is 38.9 Å². The van der Waals surface area contributed by atoms with E-state index in [0.717, 1.165) is 33.3 Å². The summed E-state index contributed by atoms with van der Waals surface area (Å²) in [6.45, 7) is 1.99. The molecule has 0 unspecified atom stereocenters. The van der Waals surface area contributed by atoms with Crippen LogP contribution >= 0.6 is 0 Å². The number of hydrogen-bond acceptors (Lipinski definition) is 3. The summed E-state index contributed by atoms with van der Waals surface area (Å²) in [7, 11) is 0. The van der Waals surface area contributed by atoms with E-state index in [1.54, 1.807) is 0 Å². The van der Waals surface area contributed by atoms with Gasteiger partial charge >= 0.3 is 0 Å². The molecule has 0 radical (unpaired) electrons. The van der Waals surface area contributed by atoms with Gasteiger partial charge in [-0.05, 0) is 31.2 Å². The highest BCUT2D eigenvalue weighted by atomic mass is 16.3. The first-order valence-electron chi connectivity index (χ1n) is 6.53. The minimum Gasteiger partial charge on any atom is -0.436 e. The normalized spacial score (nSPS) is 11.2. The number of rotatable bonds is 1. The van der Waals surface area contributed by atoms with Gasteiger partial charge in [0.1, 0.15) is 5.52 Å². The molecule has 0 spiro atoms. The van der Waals surface area contributed by atoms with Crippen LogP contribution in [0.15, 0.2) is 59.0 Å². The molecule has 0 aliphatic heterocycles. The maximum atomic E-state index is 5.85. The Morgan fingerprint density at radius 1 is 0.850 bits per heavy atom. The molecular formula is C17H12N2O. The maximum absolute atomic E-state index is 5.85. The van der Waals surface area contributed by atoms with Crippen LogP contribution in [0, 0.1) is 6.92 Å². The summed E-state index contributed by atoms with van der Waals surface area (Å²) in [4.78, 5) is 9.18. The fourth-order valence-electron chi connectivity index (χ4n) is 2.40. The molecule has 0 aliphatic carbocycles. The van der Waals surface area contributed by atoms with Gasteiger partial charge < -0.3 is 4.42 Å². The van der Waals surface area contributed by atoms with E-state index < -0.39 is 0 Å². The average Bonchev–Trinajstić information content (AvgIpc) is 2.90. The van der Waals surface area contributed by atoms with Crippen LogP contribution in [0.5, 0.6) is 0 Å². The molecule has 2 aromatic carbocycles. The van der Waals surface area contributed by atoms with Crippen molar-refractivity contribution in [3.8, 4) is 11.5 Å². The molecule has 0 saturated carbocycles. The number of para-hydroxylation sites is 3. The lowest BCUT2D eigenvalue weighted by molar-refractivity contribution is 0.620. The van der Waals surface area contributed by atoms with E-state index in [9.17, 15) is 0 Å². The predicted octanol–water partition coefficient (Wildman–Crippen LogP) is 4.35. The van der Waals surface area contributed by atoms with Gasteiger partial charge in [0.25, 0.3) is 0 Å². The smallest absolute Gasteiger partial charge is 0.229 e. The minimum atomic E-state index is 0.620. The van der Waals surface area contributed by atoms with E-state index in [1.807, 2.05) is 55.5 Å². The quantitative estimate of drug-likeness (QED) is 0.510. The molecule has 0 saturated heterocycles. The van der Waals surface area contributed by atoms with Crippen LogP contribution in [0.4, 0.5) is 0 Å². The lowest BCUT2D eigenvalue weighted by Crippen LogP contribution is -1.87. The fraction of sp³-hybridized carbons (Fsp3) is 0.0588. The summed E-state index contributed by atoms with van der Waals surface area (Å²) >= 11 is 0. The first kappa shape index (κ1) is 11.2. The van der Waals surface area contributed by atoms with Crippen molar-refractivity contribution in [1.29, 1.82) is 0 Å². The second-order valence-corrected chi connectivity index (χ2v) is 4.82. The second-order valence-electron chi connectivity index (χ2n) is 4.82. The van der Waals surface area contributed by atoms with Gasteiger partial charge in [0.2, 0.25) is 5.89 Å². The molecule has 3 nitrogen and oxygen atoms in total. The summed E-state index contributed by atoms with van der Waals surface area (Å²) in [5.41, 5.74) is 4.52. The lowest BCUT2D eigenvalue weighted by Gasteiger charge is -2.03. The number of pyridine rings is 1.